The van der Waals surface area contributed by atoms with Gasteiger partial charge >= 0.3 is 23.9 Å². The molecule has 4 atom stereocenters. The first kappa shape index (κ1) is 95.0. The van der Waals surface area contributed by atoms with Crippen LogP contribution in [0, 0.1) is 27.7 Å². The summed E-state index contributed by atoms with van der Waals surface area (Å²) in [6, 6.07) is 44.4. The summed E-state index contributed by atoms with van der Waals surface area (Å²) in [6.07, 6.45) is 14.0. The Hall–Kier alpha value is -13.8. The van der Waals surface area contributed by atoms with Gasteiger partial charge < -0.3 is 82.1 Å². The number of hydrogen-bond acceptors (Lipinski definition) is 29. The number of piperazine rings is 4. The molecule has 4 saturated heterocycles. The van der Waals surface area contributed by atoms with E-state index in [2.05, 4.69) is 86.8 Å². The molecule has 710 valence electrons. The second-order valence-corrected chi connectivity index (χ2v) is 34.8. The molecule has 8 aromatic heterocycles. The average Bonchev–Trinajstić information content (AvgIpc) is 1.62. The number of carboxylic acid groups (broad SMARTS) is 1. The van der Waals surface area contributed by atoms with Gasteiger partial charge in [0.15, 0.2) is 6.79 Å². The van der Waals surface area contributed by atoms with Crippen molar-refractivity contribution in [3.05, 3.63) is 285 Å². The minimum Gasteiger partial charge on any atom is -0.507 e. The van der Waals surface area contributed by atoms with E-state index in [-0.39, 0.29) is 65.0 Å². The third kappa shape index (κ3) is 18.4. The lowest BCUT2D eigenvalue weighted by atomic mass is 9.89. The molecule has 30 heteroatoms. The Morgan fingerprint density at radius 3 is 0.774 bits per heavy atom. The molecule has 0 aliphatic carbocycles. The molecule has 12 heterocycles. The van der Waals surface area contributed by atoms with Crippen LogP contribution in [-0.2, 0) is 14.2 Å². The Bertz CT molecular complexity index is 6850. The van der Waals surface area contributed by atoms with Crippen molar-refractivity contribution in [2.45, 2.75) is 79.6 Å². The third-order valence-electron chi connectivity index (χ3n) is 27.6. The van der Waals surface area contributed by atoms with E-state index in [9.17, 15) is 49.8 Å². The minimum atomic E-state index is -1.06. The van der Waals surface area contributed by atoms with Crippen LogP contribution in [0.2, 0.25) is 0 Å². The number of aromatic nitrogens is 4. The summed E-state index contributed by atoms with van der Waals surface area (Å²) in [5.74, 6) is -0.686. The number of esters is 3. The zero-order valence-electron chi connectivity index (χ0n) is 78.5. The number of pyridine rings is 4. The molecule has 0 spiro atoms. The van der Waals surface area contributed by atoms with E-state index in [1.807, 2.05) is 146 Å². The molecule has 8 N–H and O–H groups in total. The normalized spacial score (nSPS) is 16.2. The predicted octanol–water partition coefficient (Wildman–Crippen LogP) is 16.6. The molecule has 4 fully saturated rings. The zero-order chi connectivity index (χ0) is 96.0. The lowest BCUT2D eigenvalue weighted by Gasteiger charge is -2.39. The maximum absolute atomic E-state index is 13.1. The predicted molar refractivity (Wildman–Crippen MR) is 525 cm³/mol. The van der Waals surface area contributed by atoms with Crippen LogP contribution in [0.5, 0.6) is 23.0 Å². The average molecular weight is 1860 g/mol. The van der Waals surface area contributed by atoms with Gasteiger partial charge in [0.05, 0.1) is 31.3 Å². The summed E-state index contributed by atoms with van der Waals surface area (Å²) in [6.45, 7) is 32.3. The van der Waals surface area contributed by atoms with Crippen molar-refractivity contribution in [2.75, 3.05) is 152 Å². The summed E-state index contributed by atoms with van der Waals surface area (Å²) in [7, 11) is 1.37. The number of benzene rings is 8. The number of likely N-dealkylation sites (N-methyl/N-ethyl adjacent to an activating group) is 4. The molecule has 8 aromatic carbocycles. The van der Waals surface area contributed by atoms with Gasteiger partial charge in [0.25, 0.3) is 0 Å². The number of aliphatic hydroxyl groups is 1. The van der Waals surface area contributed by atoms with Gasteiger partial charge in [-0.15, -0.1) is 0 Å². The smallest absolute Gasteiger partial charge is 0.344 e. The molecular formula is C107H115N13O17. The van der Waals surface area contributed by atoms with E-state index < -0.39 is 30.7 Å². The Morgan fingerprint density at radius 2 is 0.555 bits per heavy atom. The number of ether oxygens (including phenoxy) is 3. The van der Waals surface area contributed by atoms with E-state index in [1.54, 1.807) is 77.3 Å². The first-order valence-corrected chi connectivity index (χ1v) is 46.7. The summed E-state index contributed by atoms with van der Waals surface area (Å²) in [5.41, 5.74) is 15.1. The first-order valence-electron chi connectivity index (χ1n) is 46.7. The Labute approximate surface area is 792 Å². The molecule has 20 rings (SSSR count). The number of carboxylic acids is 1. The van der Waals surface area contributed by atoms with Gasteiger partial charge in [-0.3, -0.25) is 45.3 Å². The Kier molecular flexibility index (Phi) is 29.0. The van der Waals surface area contributed by atoms with Crippen LogP contribution in [0.4, 0.5) is 0 Å². The fourth-order valence-corrected chi connectivity index (χ4v) is 20.8. The van der Waals surface area contributed by atoms with Crippen LogP contribution < -0.4 is 5.73 Å². The van der Waals surface area contributed by atoms with Gasteiger partial charge in [-0.2, -0.15) is 0 Å². The van der Waals surface area contributed by atoms with Crippen LogP contribution in [0.1, 0.15) is 161 Å². The van der Waals surface area contributed by atoms with Gasteiger partial charge in [-0.1, -0.05) is 125 Å². The first-order chi connectivity index (χ1) is 66.6. The van der Waals surface area contributed by atoms with Gasteiger partial charge in [-0.05, 0) is 125 Å². The Morgan fingerprint density at radius 1 is 0.336 bits per heavy atom. The van der Waals surface area contributed by atoms with Crippen LogP contribution in [0.3, 0.4) is 0 Å². The molecule has 16 aromatic rings. The second kappa shape index (κ2) is 41.8. The standard InChI is InChI=1S/C27H30N4O4.C27H29N3O5.C27H29N3O4.C26H27N3O4/c1-3-30-12-14-31(15-13-30)24(18-8-10-29-11-9-18)23-22-21(27(33)34-16-28)17(2)35-26(22)20-7-5-4-6-19(20)25(23)32;1-3-29-12-14-30(15-13-29)24(18-8-10-28-11-9-18)23-22-21(27(33)34-16-31)17(2)35-26(22)20-7-5-4-6-19(20)25(23)32;1-4-29-13-15-30(16-14-29)24(18-9-11-28-12-10-18)23-22-21(27(32)33-3)17(2)34-26(22)20-8-6-5-7-19(20)25(23)31;1-3-28-12-14-29(15-13-28)23(17-8-10-27-11-9-17)22-21-20(26(31)32)16(2)33-25(21)19-7-5-4-6-18(19)24(22)30/h4-11,24,32H,3,12-16,28H2,1-2H3;4-11,24,31-32H,3,12-16H2,1-2H3;5-12,24,31H,4,13-16H2,1-3H3;4-11,23,30H,3,12-15H2,1-2H3,(H,31,32). The quantitative estimate of drug-likeness (QED) is 0.0188. The molecule has 0 bridgehead atoms. The SMILES string of the molecule is CCN1CCN(C(c2ccncc2)c2c(O)c3ccccc3c3oc(C)c(C(=O)O)c23)CC1.CCN1CCN(C(c2ccncc2)c2c(O)c3ccccc3c3oc(C)c(C(=O)OC)c23)CC1.CCN1CCN(C(c2ccncc2)c2c(O)c3ccccc3c3oc(C)c(C(=O)OCN)c23)CC1.CCN1CCN(C(c2ccncc2)c2c(O)c3ccccc3c3oc(C)c(C(=O)OCO)c23)CC1. The van der Waals surface area contributed by atoms with E-state index in [4.69, 9.17) is 37.6 Å². The number of nitrogens with zero attached hydrogens (tertiary/aromatic N) is 12. The highest BCUT2D eigenvalue weighted by Crippen LogP contribution is 2.54. The number of carbonyl (C=O) groups excluding carboxylic acids is 3. The van der Waals surface area contributed by atoms with E-state index >= 15 is 0 Å². The van der Waals surface area contributed by atoms with E-state index in [1.165, 1.54) is 7.11 Å². The van der Waals surface area contributed by atoms with E-state index in [0.717, 1.165) is 164 Å². The summed E-state index contributed by atoms with van der Waals surface area (Å²) in [4.78, 5) is 87.1. The van der Waals surface area contributed by atoms with Crippen molar-refractivity contribution in [3.63, 3.8) is 0 Å². The number of methoxy groups -OCH3 is 1. The van der Waals surface area contributed by atoms with Crippen molar-refractivity contribution in [1.29, 1.82) is 0 Å². The number of aliphatic hydroxyl groups excluding tert-OH is 1. The fourth-order valence-electron chi connectivity index (χ4n) is 20.8. The molecule has 4 aliphatic heterocycles. The number of aryl methyl sites for hydroxylation is 4. The van der Waals surface area contributed by atoms with Crippen LogP contribution >= 0.6 is 0 Å². The molecule has 30 nitrogen and oxygen atoms in total. The summed E-state index contributed by atoms with van der Waals surface area (Å²) >= 11 is 0. The number of nitrogens with two attached hydrogens (primary N) is 1. The number of phenolic OH excluding ortho intramolecular Hbond substituents is 4. The van der Waals surface area contributed by atoms with Crippen molar-refractivity contribution >= 4 is 111 Å². The maximum Gasteiger partial charge on any atom is 0.344 e. The lowest BCUT2D eigenvalue weighted by molar-refractivity contribution is 0.00676. The summed E-state index contributed by atoms with van der Waals surface area (Å²) < 4.78 is 39.9. The van der Waals surface area contributed by atoms with Crippen LogP contribution in [0.15, 0.2) is 213 Å². The second-order valence-electron chi connectivity index (χ2n) is 34.8. The van der Waals surface area contributed by atoms with Gasteiger partial charge in [0.2, 0.25) is 0 Å². The minimum absolute atomic E-state index is 0.0983. The third-order valence-corrected chi connectivity index (χ3v) is 27.6. The lowest BCUT2D eigenvalue weighted by Crippen LogP contribution is -2.47. The molecule has 0 amide bonds. The van der Waals surface area contributed by atoms with E-state index in [0.29, 0.717) is 133 Å². The number of rotatable bonds is 22. The fraction of sp³-hybridized carbons (Fsp3) is 0.327. The maximum atomic E-state index is 13.1. The molecular weight excluding hydrogens is 1740 g/mol. The number of fused-ring (bicyclic) bond motifs is 12. The van der Waals surface area contributed by atoms with Crippen molar-refractivity contribution in [2.24, 2.45) is 5.73 Å². The number of furan rings is 4. The monoisotopic (exact) mass is 1850 g/mol. The molecule has 0 saturated carbocycles. The highest BCUT2D eigenvalue weighted by atomic mass is 16.6. The number of carbonyl (C=O) groups is 4. The molecule has 4 aliphatic rings. The van der Waals surface area contributed by atoms with Gasteiger partial charge in [-0.25, -0.2) is 19.2 Å². The van der Waals surface area contributed by atoms with Gasteiger partial charge in [0.1, 0.15) is 97.4 Å². The van der Waals surface area contributed by atoms with Crippen LogP contribution in [-0.4, -0.2) is 265 Å². The molecule has 137 heavy (non-hydrogen) atoms. The number of hydrogen-bond donors (Lipinski definition) is 7. The largest absolute Gasteiger partial charge is 0.507 e. The highest BCUT2D eigenvalue weighted by Gasteiger charge is 2.42. The van der Waals surface area contributed by atoms with Crippen LogP contribution in [0.25, 0.3) is 87.0 Å². The Balaban J connectivity index is 0.000000127. The highest BCUT2D eigenvalue weighted by molar-refractivity contribution is 6.20. The topological polar surface area (TPSA) is 373 Å². The van der Waals surface area contributed by atoms with Crippen molar-refractivity contribution in [3.8, 4) is 23.0 Å². The van der Waals surface area contributed by atoms with Gasteiger partial charge in [0, 0.05) is 241 Å². The number of aromatic hydroxyl groups is 4. The van der Waals surface area contributed by atoms with Crippen molar-refractivity contribution < 1.29 is 81.7 Å². The summed E-state index contributed by atoms with van der Waals surface area (Å²) in [5, 5.41) is 74.1. The number of aromatic carboxylic acids is 1. The molecule has 0 radical (unpaired) electrons. The van der Waals surface area contributed by atoms with Crippen molar-refractivity contribution in [1.82, 2.24) is 59.1 Å². The number of phenols is 4. The molecule has 4 unspecified atom stereocenters. The zero-order valence-corrected chi connectivity index (χ0v) is 78.5.